The normalized spacial score (nSPS) is 10.6. The summed E-state index contributed by atoms with van der Waals surface area (Å²) in [5.41, 5.74) is 5.05. The number of aromatic nitrogens is 3. The fraction of sp³-hybridized carbons (Fsp3) is 0. The molecule has 4 rings (SSSR count). The molecule has 4 aromatic rings. The zero-order chi connectivity index (χ0) is 15.5. The molecule has 0 atom stereocenters. The van der Waals surface area contributed by atoms with Crippen molar-refractivity contribution >= 4 is 0 Å². The first-order valence-corrected chi connectivity index (χ1v) is 7.55. The molecule has 0 amide bonds. The molecule has 0 aliphatic carbocycles. The number of rotatable bonds is 3. The molecule has 0 aliphatic heterocycles. The molecule has 3 nitrogen and oxygen atoms in total. The van der Waals surface area contributed by atoms with E-state index in [1.807, 2.05) is 71.4 Å². The van der Waals surface area contributed by atoms with Gasteiger partial charge in [-0.2, -0.15) is 0 Å². The second kappa shape index (κ2) is 5.89. The lowest BCUT2D eigenvalue weighted by Crippen LogP contribution is -1.99. The fourth-order valence-electron chi connectivity index (χ4n) is 2.68. The van der Waals surface area contributed by atoms with Gasteiger partial charge in [0.15, 0.2) is 0 Å². The topological polar surface area (TPSA) is 30.7 Å². The SMILES string of the molecule is c1ccc(-c2nnn(-c3ccccc3)c2-c2ccccc2)cc1. The number of hydrogen-bond donors (Lipinski definition) is 0. The maximum atomic E-state index is 4.45. The maximum Gasteiger partial charge on any atom is 0.121 e. The molecule has 0 saturated heterocycles. The van der Waals surface area contributed by atoms with Crippen LogP contribution in [0.3, 0.4) is 0 Å². The quantitative estimate of drug-likeness (QED) is 0.553. The zero-order valence-corrected chi connectivity index (χ0v) is 12.5. The molecule has 1 heterocycles. The third-order valence-corrected chi connectivity index (χ3v) is 3.77. The summed E-state index contributed by atoms with van der Waals surface area (Å²) in [6.07, 6.45) is 0. The Morgan fingerprint density at radius 3 is 1.70 bits per heavy atom. The highest BCUT2D eigenvalue weighted by Crippen LogP contribution is 2.31. The van der Waals surface area contributed by atoms with Crippen LogP contribution in [0, 0.1) is 0 Å². The first kappa shape index (κ1) is 13.5. The fourth-order valence-corrected chi connectivity index (χ4v) is 2.68. The molecular formula is C20H15N3. The Morgan fingerprint density at radius 2 is 1.09 bits per heavy atom. The molecule has 0 unspecified atom stereocenters. The van der Waals surface area contributed by atoms with Gasteiger partial charge in [0.2, 0.25) is 0 Å². The summed E-state index contributed by atoms with van der Waals surface area (Å²) in [5.74, 6) is 0. The largest absolute Gasteiger partial charge is 0.212 e. The van der Waals surface area contributed by atoms with Gasteiger partial charge in [-0.05, 0) is 12.1 Å². The van der Waals surface area contributed by atoms with Crippen LogP contribution >= 0.6 is 0 Å². The van der Waals surface area contributed by atoms with Crippen molar-refractivity contribution in [2.24, 2.45) is 0 Å². The first-order chi connectivity index (χ1) is 11.4. The van der Waals surface area contributed by atoms with Crippen molar-refractivity contribution in [2.45, 2.75) is 0 Å². The third-order valence-electron chi connectivity index (χ3n) is 3.77. The van der Waals surface area contributed by atoms with Gasteiger partial charge in [-0.1, -0.05) is 84.1 Å². The molecule has 0 N–H and O–H groups in total. The third kappa shape index (κ3) is 2.53. The Balaban J connectivity index is 1.97. The molecule has 1 aromatic heterocycles. The first-order valence-electron chi connectivity index (χ1n) is 7.55. The van der Waals surface area contributed by atoms with Crippen molar-refractivity contribution in [3.05, 3.63) is 91.0 Å². The molecule has 0 bridgehead atoms. The molecule has 110 valence electrons. The van der Waals surface area contributed by atoms with Crippen molar-refractivity contribution in [1.29, 1.82) is 0 Å². The van der Waals surface area contributed by atoms with Crippen molar-refractivity contribution < 1.29 is 0 Å². The number of benzene rings is 3. The number of para-hydroxylation sites is 1. The second-order valence-corrected chi connectivity index (χ2v) is 5.27. The molecular weight excluding hydrogens is 282 g/mol. The smallest absolute Gasteiger partial charge is 0.121 e. The van der Waals surface area contributed by atoms with Gasteiger partial charge in [-0.3, -0.25) is 0 Å². The van der Waals surface area contributed by atoms with E-state index in [0.717, 1.165) is 28.2 Å². The van der Waals surface area contributed by atoms with E-state index in [1.54, 1.807) is 0 Å². The van der Waals surface area contributed by atoms with Gasteiger partial charge >= 0.3 is 0 Å². The molecule has 3 aromatic carbocycles. The van der Waals surface area contributed by atoms with Crippen molar-refractivity contribution in [3.8, 4) is 28.2 Å². The Kier molecular flexibility index (Phi) is 3.45. The predicted molar refractivity (Wildman–Crippen MR) is 92.2 cm³/mol. The Labute approximate surface area is 134 Å². The van der Waals surface area contributed by atoms with Crippen LogP contribution in [0.2, 0.25) is 0 Å². The lowest BCUT2D eigenvalue weighted by Gasteiger charge is -2.08. The molecule has 23 heavy (non-hydrogen) atoms. The van der Waals surface area contributed by atoms with E-state index in [2.05, 4.69) is 34.6 Å². The minimum Gasteiger partial charge on any atom is -0.212 e. The molecule has 0 saturated carbocycles. The Morgan fingerprint density at radius 1 is 0.565 bits per heavy atom. The molecule has 0 aliphatic rings. The van der Waals surface area contributed by atoms with E-state index in [1.165, 1.54) is 0 Å². The van der Waals surface area contributed by atoms with E-state index in [9.17, 15) is 0 Å². The number of nitrogens with zero attached hydrogens (tertiary/aromatic N) is 3. The van der Waals surface area contributed by atoms with Crippen LogP contribution in [-0.2, 0) is 0 Å². The van der Waals surface area contributed by atoms with Gasteiger partial charge in [0.25, 0.3) is 0 Å². The van der Waals surface area contributed by atoms with Crippen LogP contribution in [0.25, 0.3) is 28.2 Å². The maximum absolute atomic E-state index is 4.45. The highest BCUT2D eigenvalue weighted by Gasteiger charge is 2.17. The van der Waals surface area contributed by atoms with Crippen LogP contribution in [-0.4, -0.2) is 15.0 Å². The van der Waals surface area contributed by atoms with Gasteiger partial charge in [-0.15, -0.1) is 5.10 Å². The summed E-state index contributed by atoms with van der Waals surface area (Å²) in [4.78, 5) is 0. The summed E-state index contributed by atoms with van der Waals surface area (Å²) < 4.78 is 1.90. The summed E-state index contributed by atoms with van der Waals surface area (Å²) >= 11 is 0. The van der Waals surface area contributed by atoms with Gasteiger partial charge in [-0.25, -0.2) is 4.68 Å². The second-order valence-electron chi connectivity index (χ2n) is 5.27. The lowest BCUT2D eigenvalue weighted by molar-refractivity contribution is 0.808. The molecule has 3 heteroatoms. The van der Waals surface area contributed by atoms with Crippen molar-refractivity contribution in [3.63, 3.8) is 0 Å². The average molecular weight is 297 g/mol. The van der Waals surface area contributed by atoms with Gasteiger partial charge in [0.05, 0.1) is 5.69 Å². The van der Waals surface area contributed by atoms with E-state index in [4.69, 9.17) is 0 Å². The van der Waals surface area contributed by atoms with Crippen LogP contribution in [0.5, 0.6) is 0 Å². The molecule has 0 spiro atoms. The summed E-state index contributed by atoms with van der Waals surface area (Å²) in [6.45, 7) is 0. The monoisotopic (exact) mass is 297 g/mol. The van der Waals surface area contributed by atoms with Crippen LogP contribution < -0.4 is 0 Å². The predicted octanol–water partition coefficient (Wildman–Crippen LogP) is 4.60. The minimum absolute atomic E-state index is 0.889. The van der Waals surface area contributed by atoms with Crippen LogP contribution in [0.4, 0.5) is 0 Å². The summed E-state index contributed by atoms with van der Waals surface area (Å²) in [5, 5.41) is 8.86. The van der Waals surface area contributed by atoms with Crippen molar-refractivity contribution in [2.75, 3.05) is 0 Å². The summed E-state index contributed by atoms with van der Waals surface area (Å²) in [7, 11) is 0. The standard InChI is InChI=1S/C20H15N3/c1-4-10-16(11-5-1)19-20(17-12-6-2-7-13-17)23(22-21-19)18-14-8-3-9-15-18/h1-15H. The molecule has 0 radical (unpaired) electrons. The zero-order valence-electron chi connectivity index (χ0n) is 12.5. The molecule has 0 fully saturated rings. The Bertz CT molecular complexity index is 841. The number of hydrogen-bond acceptors (Lipinski definition) is 2. The van der Waals surface area contributed by atoms with Gasteiger partial charge in [0, 0.05) is 11.1 Å². The highest BCUT2D eigenvalue weighted by molar-refractivity contribution is 5.79. The summed E-state index contributed by atoms with van der Waals surface area (Å²) in [6, 6.07) is 30.5. The minimum atomic E-state index is 0.889. The Hall–Kier alpha value is -3.20. The van der Waals surface area contributed by atoms with Crippen molar-refractivity contribution in [1.82, 2.24) is 15.0 Å². The van der Waals surface area contributed by atoms with Crippen LogP contribution in [0.1, 0.15) is 0 Å². The lowest BCUT2D eigenvalue weighted by atomic mass is 10.0. The highest BCUT2D eigenvalue weighted by atomic mass is 15.4. The van der Waals surface area contributed by atoms with E-state index >= 15 is 0 Å². The van der Waals surface area contributed by atoms with E-state index in [0.29, 0.717) is 0 Å². The van der Waals surface area contributed by atoms with Crippen LogP contribution in [0.15, 0.2) is 91.0 Å². The van der Waals surface area contributed by atoms with Gasteiger partial charge < -0.3 is 0 Å². The van der Waals surface area contributed by atoms with E-state index in [-0.39, 0.29) is 0 Å². The van der Waals surface area contributed by atoms with Gasteiger partial charge in [0.1, 0.15) is 11.4 Å². The van der Waals surface area contributed by atoms with E-state index < -0.39 is 0 Å². The average Bonchev–Trinajstić information content (AvgIpc) is 3.09.